The lowest BCUT2D eigenvalue weighted by molar-refractivity contribution is -0.361. The van der Waals surface area contributed by atoms with E-state index in [1.807, 2.05) is 55.6 Å². The molecule has 0 aliphatic carbocycles. The quantitative estimate of drug-likeness (QED) is 0.556. The highest BCUT2D eigenvalue weighted by Crippen LogP contribution is 2.38. The number of rotatable bonds is 4. The lowest BCUT2D eigenvalue weighted by atomic mass is 10.0. The molecule has 0 unspecified atom stereocenters. The summed E-state index contributed by atoms with van der Waals surface area (Å²) in [6.45, 7) is 4.02. The fourth-order valence-electron chi connectivity index (χ4n) is 3.07. The van der Waals surface area contributed by atoms with Crippen molar-refractivity contribution in [2.45, 2.75) is 19.9 Å². The van der Waals surface area contributed by atoms with E-state index in [-0.39, 0.29) is 11.8 Å². The topological polar surface area (TPSA) is 59.3 Å². The van der Waals surface area contributed by atoms with Crippen molar-refractivity contribution in [1.29, 1.82) is 0 Å². The minimum Gasteiger partial charge on any atom is -0.505 e. The second-order valence-electron chi connectivity index (χ2n) is 6.33. The zero-order valence-electron chi connectivity index (χ0n) is 14.7. The highest BCUT2D eigenvalue weighted by molar-refractivity contribution is 7.12. The normalized spacial score (nSPS) is 12.2. The van der Waals surface area contributed by atoms with Crippen LogP contribution < -0.4 is 10.3 Å². The highest BCUT2D eigenvalue weighted by atomic mass is 32.1. The summed E-state index contributed by atoms with van der Waals surface area (Å²) >= 11 is 1.72. The molecule has 0 fully saturated rings. The van der Waals surface area contributed by atoms with E-state index in [0.717, 1.165) is 27.3 Å². The number of aromatic hydroxyl groups is 1. The number of nitrogens with zero attached hydrogens (tertiary/aromatic N) is 1. The van der Waals surface area contributed by atoms with Crippen LogP contribution in [0.3, 0.4) is 0 Å². The predicted octanol–water partition coefficient (Wildman–Crippen LogP) is 4.63. The fraction of sp³-hybridized carbons (Fsp3) is 0.143. The minimum atomic E-state index is -0.168. The van der Waals surface area contributed by atoms with Gasteiger partial charge in [0.15, 0.2) is 6.04 Å². The van der Waals surface area contributed by atoms with Gasteiger partial charge in [-0.25, -0.2) is 9.97 Å². The van der Waals surface area contributed by atoms with Gasteiger partial charge < -0.3 is 5.11 Å². The largest absolute Gasteiger partial charge is 0.505 e. The van der Waals surface area contributed by atoms with Crippen LogP contribution in [-0.4, -0.2) is 10.1 Å². The first kappa shape index (κ1) is 16.5. The Morgan fingerprint density at radius 1 is 1.04 bits per heavy atom. The smallest absolute Gasteiger partial charge is 0.272 e. The Hall–Kier alpha value is -2.92. The van der Waals surface area contributed by atoms with E-state index in [2.05, 4.69) is 34.3 Å². The molecule has 0 bridgehead atoms. The Kier molecular flexibility index (Phi) is 4.31. The first-order valence-corrected chi connectivity index (χ1v) is 9.32. The van der Waals surface area contributed by atoms with Crippen molar-refractivity contribution >= 4 is 28.1 Å². The van der Waals surface area contributed by atoms with Gasteiger partial charge in [0.25, 0.3) is 5.82 Å². The summed E-state index contributed by atoms with van der Waals surface area (Å²) < 4.78 is 0. The second kappa shape index (κ2) is 6.77. The molecule has 3 heterocycles. The molecular weight excluding hydrogens is 342 g/mol. The molecule has 0 aliphatic heterocycles. The van der Waals surface area contributed by atoms with E-state index in [4.69, 9.17) is 0 Å². The van der Waals surface area contributed by atoms with E-state index in [1.54, 1.807) is 11.3 Å². The monoisotopic (exact) mass is 362 g/mol. The van der Waals surface area contributed by atoms with Crippen LogP contribution in [0.2, 0.25) is 0 Å². The third-order valence-corrected chi connectivity index (χ3v) is 5.44. The molecule has 4 rings (SSSR count). The van der Waals surface area contributed by atoms with Crippen molar-refractivity contribution in [2.24, 2.45) is 0 Å². The van der Waals surface area contributed by atoms with Crippen LogP contribution in [0, 0.1) is 13.8 Å². The third kappa shape index (κ3) is 3.13. The summed E-state index contributed by atoms with van der Waals surface area (Å²) in [5.74, 6) is 1.12. The maximum absolute atomic E-state index is 11.0. The van der Waals surface area contributed by atoms with Crippen LogP contribution in [0.15, 0.2) is 60.8 Å². The molecule has 3 N–H and O–H groups in total. The number of hydrogen-bond acceptors (Lipinski definition) is 4. The Morgan fingerprint density at radius 2 is 1.88 bits per heavy atom. The molecule has 0 radical (unpaired) electrons. The molecule has 0 aliphatic rings. The Labute approximate surface area is 156 Å². The van der Waals surface area contributed by atoms with Gasteiger partial charge in [0.2, 0.25) is 0 Å². The van der Waals surface area contributed by atoms with Gasteiger partial charge in [-0.1, -0.05) is 18.2 Å². The van der Waals surface area contributed by atoms with E-state index in [9.17, 15) is 5.11 Å². The number of hydrogen-bond donors (Lipinski definition) is 2. The van der Waals surface area contributed by atoms with Crippen LogP contribution in [0.25, 0.3) is 10.9 Å². The summed E-state index contributed by atoms with van der Waals surface area (Å²) in [6, 6.07) is 17.9. The van der Waals surface area contributed by atoms with Gasteiger partial charge in [-0.05, 0) is 44.2 Å². The molecule has 0 amide bonds. The lowest BCUT2D eigenvalue weighted by Crippen LogP contribution is -2.18. The molecule has 4 nitrogen and oxygen atoms in total. The molecule has 4 aromatic rings. The van der Waals surface area contributed by atoms with Gasteiger partial charge in [-0.3, -0.25) is 5.32 Å². The molecule has 5 heteroatoms. The molecule has 0 spiro atoms. The first-order chi connectivity index (χ1) is 12.6. The van der Waals surface area contributed by atoms with Gasteiger partial charge in [0, 0.05) is 27.6 Å². The number of H-pyrrole nitrogens is 1. The number of benzene rings is 1. The number of aromatic amines is 1. The molecule has 1 aromatic carbocycles. The maximum atomic E-state index is 11.0. The van der Waals surface area contributed by atoms with Crippen LogP contribution >= 0.6 is 11.3 Å². The van der Waals surface area contributed by atoms with Crippen LogP contribution in [0.1, 0.15) is 27.1 Å². The zero-order chi connectivity index (χ0) is 18.1. The molecule has 1 atom stereocenters. The summed E-state index contributed by atoms with van der Waals surface area (Å²) in [5.41, 5.74) is 2.34. The number of phenolic OH excluding ortho intramolecular Hbond substituents is 1. The molecule has 3 aromatic heterocycles. The van der Waals surface area contributed by atoms with Crippen molar-refractivity contribution in [3.05, 3.63) is 81.8 Å². The van der Waals surface area contributed by atoms with Crippen molar-refractivity contribution in [3.63, 3.8) is 0 Å². The highest BCUT2D eigenvalue weighted by Gasteiger charge is 2.25. The zero-order valence-corrected chi connectivity index (χ0v) is 15.5. The molecular formula is C21H20N3OS+. The van der Waals surface area contributed by atoms with Gasteiger partial charge in [0.05, 0.1) is 11.1 Å². The number of pyridine rings is 2. The first-order valence-electron chi connectivity index (χ1n) is 8.50. The van der Waals surface area contributed by atoms with E-state index >= 15 is 0 Å². The number of fused-ring (bicyclic) bond motifs is 1. The van der Waals surface area contributed by atoms with Gasteiger partial charge in [0.1, 0.15) is 11.3 Å². The van der Waals surface area contributed by atoms with Crippen molar-refractivity contribution in [3.8, 4) is 5.75 Å². The average molecular weight is 362 g/mol. The van der Waals surface area contributed by atoms with Gasteiger partial charge in [-0.2, -0.15) is 0 Å². The average Bonchev–Trinajstić information content (AvgIpc) is 3.08. The Bertz CT molecular complexity index is 1060. The SMILES string of the molecule is Cc1ccc2ccc([C@H](Nc3cccc[nH+]3)c3ccc(C)s3)c(O)c2n1. The van der Waals surface area contributed by atoms with E-state index in [0.29, 0.717) is 5.52 Å². The molecule has 26 heavy (non-hydrogen) atoms. The Balaban J connectivity index is 1.85. The van der Waals surface area contributed by atoms with Gasteiger partial charge in [-0.15, -0.1) is 11.3 Å². The third-order valence-electron chi connectivity index (χ3n) is 4.37. The van der Waals surface area contributed by atoms with Crippen LogP contribution in [0.5, 0.6) is 5.75 Å². The minimum absolute atomic E-state index is 0.168. The summed E-state index contributed by atoms with van der Waals surface area (Å²) in [4.78, 5) is 10.1. The maximum Gasteiger partial charge on any atom is 0.272 e. The van der Waals surface area contributed by atoms with Crippen LogP contribution in [-0.2, 0) is 0 Å². The number of aromatic nitrogens is 2. The summed E-state index contributed by atoms with van der Waals surface area (Å²) in [5, 5.41) is 15.4. The fourth-order valence-corrected chi connectivity index (χ4v) is 4.02. The Morgan fingerprint density at radius 3 is 2.62 bits per heavy atom. The molecule has 130 valence electrons. The van der Waals surface area contributed by atoms with E-state index < -0.39 is 0 Å². The predicted molar refractivity (Wildman–Crippen MR) is 106 cm³/mol. The summed E-state index contributed by atoms with van der Waals surface area (Å²) in [6.07, 6.45) is 1.88. The number of nitrogens with one attached hydrogen (secondary N) is 2. The molecule has 0 saturated heterocycles. The van der Waals surface area contributed by atoms with Crippen molar-refractivity contribution < 1.29 is 10.1 Å². The number of anilines is 1. The second-order valence-corrected chi connectivity index (χ2v) is 7.65. The van der Waals surface area contributed by atoms with Gasteiger partial charge >= 0.3 is 0 Å². The molecule has 0 saturated carbocycles. The number of aryl methyl sites for hydroxylation is 2. The standard InChI is InChI=1S/C21H19N3OS/c1-13-6-8-15-9-10-16(21(25)19(15)23-13)20(17-11-7-14(2)26-17)24-18-5-3-4-12-22-18/h3-12,20,25H,1-2H3,(H,22,24)/p+1/t20-/m0/s1. The van der Waals surface area contributed by atoms with Crippen LogP contribution in [0.4, 0.5) is 5.82 Å². The number of phenols is 1. The van der Waals surface area contributed by atoms with E-state index in [1.165, 1.54) is 4.88 Å². The summed E-state index contributed by atoms with van der Waals surface area (Å²) in [7, 11) is 0. The van der Waals surface area contributed by atoms with Crippen molar-refractivity contribution in [1.82, 2.24) is 4.98 Å². The van der Waals surface area contributed by atoms with Crippen molar-refractivity contribution in [2.75, 3.05) is 5.32 Å². The number of thiophene rings is 1. The lowest BCUT2D eigenvalue weighted by Gasteiger charge is -2.16.